The molecule has 96 valence electrons. The minimum Gasteiger partial charge on any atom is -0.414 e. The van der Waals surface area contributed by atoms with Gasteiger partial charge in [-0.3, -0.25) is 0 Å². The molecule has 4 heteroatoms. The van der Waals surface area contributed by atoms with Gasteiger partial charge in [-0.05, 0) is 56.9 Å². The van der Waals surface area contributed by atoms with Crippen molar-refractivity contribution < 1.29 is 4.43 Å². The van der Waals surface area contributed by atoms with Crippen LogP contribution >= 0.6 is 31.9 Å². The third-order valence-electron chi connectivity index (χ3n) is 3.42. The first-order chi connectivity index (χ1) is 6.97. The summed E-state index contributed by atoms with van der Waals surface area (Å²) >= 11 is 6.79. The Hall–Kier alpha value is 0.877. The number of hydrogen-bond acceptors (Lipinski definition) is 1. The molecular formula is C12H24Br2OSi. The van der Waals surface area contributed by atoms with Crippen molar-refractivity contribution in [1.82, 2.24) is 0 Å². The maximum absolute atomic E-state index is 6.32. The van der Waals surface area contributed by atoms with Crippen molar-refractivity contribution in [2.24, 2.45) is 5.92 Å². The zero-order valence-electron chi connectivity index (χ0n) is 11.4. The first-order valence-corrected chi connectivity index (χ1v) is 10.2. The van der Waals surface area contributed by atoms with Gasteiger partial charge in [-0.25, -0.2) is 0 Å². The van der Waals surface area contributed by atoms with Crippen molar-refractivity contribution in [2.75, 3.05) is 0 Å². The molecule has 16 heavy (non-hydrogen) atoms. The maximum Gasteiger partial charge on any atom is 0.192 e. The monoisotopic (exact) mass is 370 g/mol. The zero-order valence-corrected chi connectivity index (χ0v) is 15.6. The Labute approximate surface area is 118 Å². The third kappa shape index (κ3) is 5.47. The molecule has 0 aliphatic rings. The lowest BCUT2D eigenvalue weighted by Gasteiger charge is -2.39. The van der Waals surface area contributed by atoms with E-state index in [0.717, 1.165) is 3.39 Å². The highest BCUT2D eigenvalue weighted by molar-refractivity contribution is 9.28. The molecule has 0 spiro atoms. The molecule has 2 atom stereocenters. The van der Waals surface area contributed by atoms with Crippen LogP contribution in [0.3, 0.4) is 0 Å². The highest BCUT2D eigenvalue weighted by Crippen LogP contribution is 2.38. The van der Waals surface area contributed by atoms with E-state index in [9.17, 15) is 0 Å². The van der Waals surface area contributed by atoms with Crippen LogP contribution in [0.5, 0.6) is 0 Å². The lowest BCUT2D eigenvalue weighted by atomic mass is 10.1. The second-order valence-corrected chi connectivity index (χ2v) is 13.4. The predicted octanol–water partition coefficient (Wildman–Crippen LogP) is 5.66. The van der Waals surface area contributed by atoms with E-state index >= 15 is 0 Å². The van der Waals surface area contributed by atoms with Gasteiger partial charge in [-0.2, -0.15) is 0 Å². The van der Waals surface area contributed by atoms with Gasteiger partial charge >= 0.3 is 0 Å². The molecule has 0 aliphatic carbocycles. The van der Waals surface area contributed by atoms with Gasteiger partial charge in [0.25, 0.3) is 0 Å². The number of hydrogen-bond donors (Lipinski definition) is 0. The SMILES string of the molecule is CC(C=C(Br)Br)C(C)O[Si](C)(C)C(C)(C)C. The Balaban J connectivity index is 4.57. The fourth-order valence-electron chi connectivity index (χ4n) is 1.08. The van der Waals surface area contributed by atoms with E-state index in [2.05, 4.69) is 85.6 Å². The van der Waals surface area contributed by atoms with Gasteiger partial charge in [0, 0.05) is 12.0 Å². The van der Waals surface area contributed by atoms with E-state index in [1.54, 1.807) is 0 Å². The molecular weight excluding hydrogens is 348 g/mol. The molecule has 0 saturated carbocycles. The van der Waals surface area contributed by atoms with Crippen molar-refractivity contribution in [3.8, 4) is 0 Å². The number of rotatable bonds is 4. The van der Waals surface area contributed by atoms with E-state index < -0.39 is 8.32 Å². The van der Waals surface area contributed by atoms with Gasteiger partial charge in [0.2, 0.25) is 0 Å². The standard InChI is InChI=1S/C12H24Br2OSi/c1-9(8-11(13)14)10(2)15-16(6,7)12(3,4)5/h8-10H,1-7H3. The third-order valence-corrected chi connectivity index (χ3v) is 8.52. The molecule has 0 rings (SSSR count). The normalized spacial score (nSPS) is 16.8. The van der Waals surface area contributed by atoms with Crippen LogP contribution in [0.25, 0.3) is 0 Å². The Kier molecular flexibility index (Phi) is 6.50. The summed E-state index contributed by atoms with van der Waals surface area (Å²) in [4.78, 5) is 0. The van der Waals surface area contributed by atoms with Gasteiger partial charge in [0.1, 0.15) is 0 Å². The molecule has 0 N–H and O–H groups in total. The van der Waals surface area contributed by atoms with Gasteiger partial charge in [0.05, 0.1) is 3.39 Å². The van der Waals surface area contributed by atoms with Crippen molar-refractivity contribution >= 4 is 40.2 Å². The Morgan fingerprint density at radius 1 is 1.19 bits per heavy atom. The molecule has 0 amide bonds. The van der Waals surface area contributed by atoms with Crippen LogP contribution in [0.1, 0.15) is 34.6 Å². The van der Waals surface area contributed by atoms with Crippen molar-refractivity contribution in [1.29, 1.82) is 0 Å². The van der Waals surface area contributed by atoms with E-state index in [-0.39, 0.29) is 11.1 Å². The van der Waals surface area contributed by atoms with Crippen molar-refractivity contribution in [2.45, 2.75) is 58.9 Å². The van der Waals surface area contributed by atoms with Gasteiger partial charge in [0.15, 0.2) is 8.32 Å². The highest BCUT2D eigenvalue weighted by Gasteiger charge is 2.38. The predicted molar refractivity (Wildman–Crippen MR) is 82.8 cm³/mol. The highest BCUT2D eigenvalue weighted by atomic mass is 79.9. The smallest absolute Gasteiger partial charge is 0.192 e. The average molecular weight is 372 g/mol. The fraction of sp³-hybridized carbons (Fsp3) is 0.833. The summed E-state index contributed by atoms with van der Waals surface area (Å²) in [6, 6.07) is 0. The van der Waals surface area contributed by atoms with Crippen LogP contribution in [0.2, 0.25) is 18.1 Å². The Morgan fingerprint density at radius 2 is 1.62 bits per heavy atom. The first kappa shape index (κ1) is 16.9. The molecule has 2 unspecified atom stereocenters. The average Bonchev–Trinajstić information content (AvgIpc) is 1.99. The summed E-state index contributed by atoms with van der Waals surface area (Å²) in [5.41, 5.74) is 0. The molecule has 0 radical (unpaired) electrons. The van der Waals surface area contributed by atoms with Crippen LogP contribution in [-0.4, -0.2) is 14.4 Å². The topological polar surface area (TPSA) is 9.23 Å². The molecule has 0 aliphatic heterocycles. The van der Waals surface area contributed by atoms with E-state index in [4.69, 9.17) is 4.43 Å². The lowest BCUT2D eigenvalue weighted by Crippen LogP contribution is -2.44. The molecule has 0 aromatic heterocycles. The van der Waals surface area contributed by atoms with Gasteiger partial charge < -0.3 is 4.43 Å². The van der Waals surface area contributed by atoms with E-state index in [1.807, 2.05) is 0 Å². The maximum atomic E-state index is 6.32. The molecule has 0 fully saturated rings. The van der Waals surface area contributed by atoms with Gasteiger partial charge in [-0.1, -0.05) is 33.8 Å². The van der Waals surface area contributed by atoms with Gasteiger partial charge in [-0.15, -0.1) is 0 Å². The summed E-state index contributed by atoms with van der Waals surface area (Å²) in [5.74, 6) is 0.405. The number of halogens is 2. The summed E-state index contributed by atoms with van der Waals surface area (Å²) in [6.45, 7) is 15.7. The van der Waals surface area contributed by atoms with E-state index in [1.165, 1.54) is 0 Å². The van der Waals surface area contributed by atoms with Crippen molar-refractivity contribution in [3.63, 3.8) is 0 Å². The van der Waals surface area contributed by atoms with Crippen LogP contribution in [0.15, 0.2) is 9.47 Å². The zero-order chi connectivity index (χ0) is 13.1. The van der Waals surface area contributed by atoms with Crippen molar-refractivity contribution in [3.05, 3.63) is 9.47 Å². The summed E-state index contributed by atoms with van der Waals surface area (Å²) in [7, 11) is -1.64. The molecule has 0 bridgehead atoms. The summed E-state index contributed by atoms with van der Waals surface area (Å²) in [6.07, 6.45) is 2.39. The summed E-state index contributed by atoms with van der Waals surface area (Å²) < 4.78 is 7.32. The summed E-state index contributed by atoms with van der Waals surface area (Å²) in [5, 5.41) is 0.274. The molecule has 0 heterocycles. The minimum atomic E-state index is -1.64. The van der Waals surface area contributed by atoms with Crippen LogP contribution in [0, 0.1) is 5.92 Å². The first-order valence-electron chi connectivity index (χ1n) is 5.68. The molecule has 1 nitrogen and oxygen atoms in total. The van der Waals surface area contributed by atoms with Crippen LogP contribution in [0.4, 0.5) is 0 Å². The van der Waals surface area contributed by atoms with E-state index in [0.29, 0.717) is 5.92 Å². The Bertz CT molecular complexity index is 252. The Morgan fingerprint density at radius 3 is 1.94 bits per heavy atom. The second-order valence-electron chi connectivity index (χ2n) is 5.90. The van der Waals surface area contributed by atoms with Crippen LogP contribution < -0.4 is 0 Å². The molecule has 0 aromatic carbocycles. The largest absolute Gasteiger partial charge is 0.414 e. The lowest BCUT2D eigenvalue weighted by molar-refractivity contribution is 0.164. The minimum absolute atomic E-state index is 0.256. The quantitative estimate of drug-likeness (QED) is 0.579. The van der Waals surface area contributed by atoms with Crippen LogP contribution in [-0.2, 0) is 4.43 Å². The molecule has 0 aromatic rings. The fourth-order valence-corrected chi connectivity index (χ4v) is 3.41. The molecule has 0 saturated heterocycles. The second kappa shape index (κ2) is 6.16.